The highest BCUT2D eigenvalue weighted by Crippen LogP contribution is 2.19. The number of anilines is 1. The van der Waals surface area contributed by atoms with Crippen molar-refractivity contribution in [3.63, 3.8) is 0 Å². The van der Waals surface area contributed by atoms with Gasteiger partial charge in [0.15, 0.2) is 0 Å². The molecule has 0 aliphatic carbocycles. The predicted molar refractivity (Wildman–Crippen MR) is 76.4 cm³/mol. The van der Waals surface area contributed by atoms with Crippen LogP contribution in [0.3, 0.4) is 0 Å². The lowest BCUT2D eigenvalue weighted by Crippen LogP contribution is -2.13. The van der Waals surface area contributed by atoms with E-state index in [9.17, 15) is 4.79 Å². The second kappa shape index (κ2) is 6.25. The number of rotatable bonds is 3. The van der Waals surface area contributed by atoms with Gasteiger partial charge >= 0.3 is 6.09 Å². The summed E-state index contributed by atoms with van der Waals surface area (Å²) in [5, 5.41) is 3.33. The number of halogens is 1. The van der Waals surface area contributed by atoms with E-state index in [0.717, 1.165) is 11.1 Å². The third-order valence-electron chi connectivity index (χ3n) is 2.62. The molecule has 0 fully saturated rings. The molecule has 19 heavy (non-hydrogen) atoms. The number of hydrogen-bond acceptors (Lipinski definition) is 2. The lowest BCUT2D eigenvalue weighted by Gasteiger charge is -2.08. The maximum atomic E-state index is 11.6. The van der Waals surface area contributed by atoms with Gasteiger partial charge in [0.25, 0.3) is 0 Å². The summed E-state index contributed by atoms with van der Waals surface area (Å²) in [6.45, 7) is 2.13. The van der Waals surface area contributed by atoms with E-state index in [1.807, 2.05) is 37.3 Å². The SMILES string of the molecule is Cc1cc(NC(=O)OCc2ccccc2)ccc1Cl. The van der Waals surface area contributed by atoms with Gasteiger partial charge in [0.1, 0.15) is 6.61 Å². The van der Waals surface area contributed by atoms with E-state index in [4.69, 9.17) is 16.3 Å². The maximum absolute atomic E-state index is 11.6. The average molecular weight is 276 g/mol. The van der Waals surface area contributed by atoms with Crippen LogP contribution in [0, 0.1) is 6.92 Å². The van der Waals surface area contributed by atoms with Crippen LogP contribution in [0.2, 0.25) is 5.02 Å². The van der Waals surface area contributed by atoms with E-state index in [0.29, 0.717) is 10.7 Å². The maximum Gasteiger partial charge on any atom is 0.411 e. The van der Waals surface area contributed by atoms with Crippen molar-refractivity contribution in [3.8, 4) is 0 Å². The molecule has 0 heterocycles. The van der Waals surface area contributed by atoms with Crippen LogP contribution in [0.15, 0.2) is 48.5 Å². The van der Waals surface area contributed by atoms with Crippen molar-refractivity contribution >= 4 is 23.4 Å². The van der Waals surface area contributed by atoms with Crippen LogP contribution in [0.1, 0.15) is 11.1 Å². The van der Waals surface area contributed by atoms with Crippen LogP contribution in [0.25, 0.3) is 0 Å². The molecule has 0 bridgehead atoms. The second-order valence-corrected chi connectivity index (χ2v) is 4.56. The minimum absolute atomic E-state index is 0.249. The molecule has 0 aliphatic rings. The quantitative estimate of drug-likeness (QED) is 0.902. The zero-order chi connectivity index (χ0) is 13.7. The van der Waals surface area contributed by atoms with Gasteiger partial charge in [0.2, 0.25) is 0 Å². The molecule has 0 saturated heterocycles. The lowest BCUT2D eigenvalue weighted by atomic mass is 10.2. The Labute approximate surface area is 117 Å². The number of carbonyl (C=O) groups is 1. The first-order chi connectivity index (χ1) is 9.15. The molecule has 0 atom stereocenters. The van der Waals surface area contributed by atoms with Gasteiger partial charge in [-0.2, -0.15) is 0 Å². The Hall–Kier alpha value is -2.00. The van der Waals surface area contributed by atoms with E-state index in [2.05, 4.69) is 5.32 Å². The molecule has 2 rings (SSSR count). The van der Waals surface area contributed by atoms with Crippen LogP contribution in [-0.4, -0.2) is 6.09 Å². The van der Waals surface area contributed by atoms with Gasteiger partial charge in [0.05, 0.1) is 0 Å². The molecule has 2 aromatic carbocycles. The third-order valence-corrected chi connectivity index (χ3v) is 3.04. The van der Waals surface area contributed by atoms with E-state index < -0.39 is 6.09 Å². The van der Waals surface area contributed by atoms with Gasteiger partial charge in [0, 0.05) is 10.7 Å². The zero-order valence-corrected chi connectivity index (χ0v) is 11.3. The third kappa shape index (κ3) is 4.00. The van der Waals surface area contributed by atoms with Crippen molar-refractivity contribution in [2.75, 3.05) is 5.32 Å². The molecule has 0 unspecified atom stereocenters. The number of hydrogen-bond donors (Lipinski definition) is 1. The van der Waals surface area contributed by atoms with Gasteiger partial charge in [-0.25, -0.2) is 4.79 Å². The Morgan fingerprint density at radius 1 is 1.21 bits per heavy atom. The molecule has 0 saturated carbocycles. The van der Waals surface area contributed by atoms with Crippen molar-refractivity contribution in [1.82, 2.24) is 0 Å². The number of carbonyl (C=O) groups excluding carboxylic acids is 1. The molecule has 1 amide bonds. The van der Waals surface area contributed by atoms with Crippen molar-refractivity contribution in [3.05, 3.63) is 64.7 Å². The highest BCUT2D eigenvalue weighted by atomic mass is 35.5. The number of benzene rings is 2. The molecule has 4 heteroatoms. The largest absolute Gasteiger partial charge is 0.444 e. The van der Waals surface area contributed by atoms with Crippen molar-refractivity contribution in [2.24, 2.45) is 0 Å². The molecule has 1 N–H and O–H groups in total. The molecule has 2 aromatic rings. The lowest BCUT2D eigenvalue weighted by molar-refractivity contribution is 0.155. The first-order valence-electron chi connectivity index (χ1n) is 5.89. The van der Waals surface area contributed by atoms with Gasteiger partial charge in [-0.05, 0) is 36.2 Å². The summed E-state index contributed by atoms with van der Waals surface area (Å²) in [5.41, 5.74) is 2.52. The summed E-state index contributed by atoms with van der Waals surface area (Å²) >= 11 is 5.91. The summed E-state index contributed by atoms with van der Waals surface area (Å²) in [7, 11) is 0. The zero-order valence-electron chi connectivity index (χ0n) is 10.5. The van der Waals surface area contributed by atoms with Crippen LogP contribution in [-0.2, 0) is 11.3 Å². The molecule has 98 valence electrons. The molecule has 3 nitrogen and oxygen atoms in total. The first kappa shape index (κ1) is 13.4. The summed E-state index contributed by atoms with van der Waals surface area (Å²) in [6, 6.07) is 14.8. The van der Waals surface area contributed by atoms with Crippen LogP contribution >= 0.6 is 11.6 Å². The van der Waals surface area contributed by atoms with Gasteiger partial charge in [-0.3, -0.25) is 5.32 Å². The molecular weight excluding hydrogens is 262 g/mol. The van der Waals surface area contributed by atoms with Gasteiger partial charge in [-0.15, -0.1) is 0 Å². The highest BCUT2D eigenvalue weighted by Gasteiger charge is 2.04. The Kier molecular flexibility index (Phi) is 4.42. The van der Waals surface area contributed by atoms with Crippen molar-refractivity contribution in [2.45, 2.75) is 13.5 Å². The fourth-order valence-electron chi connectivity index (χ4n) is 1.60. The van der Waals surface area contributed by atoms with Crippen LogP contribution in [0.5, 0.6) is 0 Å². The average Bonchev–Trinajstić information content (AvgIpc) is 2.42. The van der Waals surface area contributed by atoms with Crippen LogP contribution < -0.4 is 5.32 Å². The number of aryl methyl sites for hydroxylation is 1. The number of nitrogens with one attached hydrogen (secondary N) is 1. The summed E-state index contributed by atoms with van der Waals surface area (Å²) < 4.78 is 5.12. The van der Waals surface area contributed by atoms with E-state index in [1.165, 1.54) is 0 Å². The smallest absolute Gasteiger partial charge is 0.411 e. The summed E-state index contributed by atoms with van der Waals surface area (Å²) in [5.74, 6) is 0. The fourth-order valence-corrected chi connectivity index (χ4v) is 1.72. The Bertz CT molecular complexity index is 570. The number of ether oxygens (including phenoxy) is 1. The van der Waals surface area contributed by atoms with E-state index in [1.54, 1.807) is 18.2 Å². The topological polar surface area (TPSA) is 38.3 Å². The second-order valence-electron chi connectivity index (χ2n) is 4.15. The van der Waals surface area contributed by atoms with Crippen LogP contribution in [0.4, 0.5) is 10.5 Å². The summed E-state index contributed by atoms with van der Waals surface area (Å²) in [6.07, 6.45) is -0.481. The molecule has 0 aromatic heterocycles. The van der Waals surface area contributed by atoms with Crippen molar-refractivity contribution < 1.29 is 9.53 Å². The monoisotopic (exact) mass is 275 g/mol. The minimum atomic E-state index is -0.481. The van der Waals surface area contributed by atoms with E-state index in [-0.39, 0.29) is 6.61 Å². The molecule has 0 aliphatic heterocycles. The Morgan fingerprint density at radius 2 is 1.95 bits per heavy atom. The van der Waals surface area contributed by atoms with Gasteiger partial charge < -0.3 is 4.74 Å². The fraction of sp³-hybridized carbons (Fsp3) is 0.133. The molecule has 0 radical (unpaired) electrons. The number of amides is 1. The standard InChI is InChI=1S/C15H14ClNO2/c1-11-9-13(7-8-14(11)16)17-15(18)19-10-12-5-3-2-4-6-12/h2-9H,10H2,1H3,(H,17,18). The first-order valence-corrected chi connectivity index (χ1v) is 6.27. The van der Waals surface area contributed by atoms with Crippen molar-refractivity contribution in [1.29, 1.82) is 0 Å². The van der Waals surface area contributed by atoms with E-state index >= 15 is 0 Å². The molecular formula is C15H14ClNO2. The normalized spacial score (nSPS) is 10.0. The summed E-state index contributed by atoms with van der Waals surface area (Å²) in [4.78, 5) is 11.6. The molecule has 0 spiro atoms. The Balaban J connectivity index is 1.89. The Morgan fingerprint density at radius 3 is 2.63 bits per heavy atom. The van der Waals surface area contributed by atoms with Gasteiger partial charge in [-0.1, -0.05) is 41.9 Å². The minimum Gasteiger partial charge on any atom is -0.444 e. The highest BCUT2D eigenvalue weighted by molar-refractivity contribution is 6.31. The predicted octanol–water partition coefficient (Wildman–Crippen LogP) is 4.40.